The molecule has 0 aliphatic heterocycles. The minimum absolute atomic E-state index is 0.0579. The minimum atomic E-state index is -0.0579. The van der Waals surface area contributed by atoms with Crippen LogP contribution in [0, 0.1) is 6.92 Å². The minimum Gasteiger partial charge on any atom is -0.289 e. The second-order valence-corrected chi connectivity index (χ2v) is 3.43. The molecule has 0 N–H and O–H groups in total. The molecule has 1 aromatic heterocycles. The van der Waals surface area contributed by atoms with Crippen molar-refractivity contribution in [3.05, 3.63) is 54.2 Å². The van der Waals surface area contributed by atoms with Crippen LogP contribution in [-0.2, 0) is 0 Å². The Morgan fingerprint density at radius 3 is 2.87 bits per heavy atom. The maximum absolute atomic E-state index is 11.4. The van der Waals surface area contributed by atoms with E-state index < -0.39 is 0 Å². The van der Waals surface area contributed by atoms with Gasteiger partial charge in [0.1, 0.15) is 0 Å². The first-order chi connectivity index (χ1) is 7.20. The molecule has 0 radical (unpaired) electrons. The number of hydrogen-bond donors (Lipinski definition) is 0. The smallest absolute Gasteiger partial charge is 0.185 e. The number of pyridine rings is 1. The van der Waals surface area contributed by atoms with Crippen molar-refractivity contribution < 1.29 is 4.79 Å². The summed E-state index contributed by atoms with van der Waals surface area (Å²) in [6.07, 6.45) is 1.32. The second-order valence-electron chi connectivity index (χ2n) is 3.43. The molecule has 15 heavy (non-hydrogen) atoms. The zero-order chi connectivity index (χ0) is 10.8. The molecule has 2 nitrogen and oxygen atoms in total. The van der Waals surface area contributed by atoms with Gasteiger partial charge in [0.15, 0.2) is 5.78 Å². The van der Waals surface area contributed by atoms with Crippen LogP contribution in [0.15, 0.2) is 43.0 Å². The lowest BCUT2D eigenvalue weighted by atomic mass is 10.1. The molecule has 74 valence electrons. The van der Waals surface area contributed by atoms with Gasteiger partial charge in [0.2, 0.25) is 0 Å². The van der Waals surface area contributed by atoms with Crippen molar-refractivity contribution in [2.45, 2.75) is 6.92 Å². The van der Waals surface area contributed by atoms with Crippen LogP contribution >= 0.6 is 0 Å². The van der Waals surface area contributed by atoms with Crippen LogP contribution in [0.1, 0.15) is 16.1 Å². The summed E-state index contributed by atoms with van der Waals surface area (Å²) in [6.45, 7) is 5.41. The number of aryl methyl sites for hydroxylation is 1. The Bertz CT molecular complexity index is 543. The Balaban J connectivity index is 2.61. The highest BCUT2D eigenvalue weighted by atomic mass is 16.1. The third kappa shape index (κ3) is 1.79. The van der Waals surface area contributed by atoms with Crippen LogP contribution in [0.2, 0.25) is 0 Å². The highest BCUT2D eigenvalue weighted by Crippen LogP contribution is 2.15. The van der Waals surface area contributed by atoms with Crippen molar-refractivity contribution >= 4 is 16.7 Å². The van der Waals surface area contributed by atoms with Crippen molar-refractivity contribution in [3.8, 4) is 0 Å². The van der Waals surface area contributed by atoms with Crippen LogP contribution in [0.5, 0.6) is 0 Å². The van der Waals surface area contributed by atoms with Crippen molar-refractivity contribution in [1.82, 2.24) is 4.98 Å². The SMILES string of the molecule is C=CC(=O)c1ccc2nc(C)ccc2c1. The molecule has 2 rings (SSSR count). The summed E-state index contributed by atoms with van der Waals surface area (Å²) in [5, 5.41) is 0.980. The van der Waals surface area contributed by atoms with Crippen molar-refractivity contribution in [2.24, 2.45) is 0 Å². The number of carbonyl (C=O) groups excluding carboxylic acids is 1. The Morgan fingerprint density at radius 2 is 2.13 bits per heavy atom. The summed E-state index contributed by atoms with van der Waals surface area (Å²) >= 11 is 0. The monoisotopic (exact) mass is 197 g/mol. The second kappa shape index (κ2) is 3.65. The molecule has 0 amide bonds. The summed E-state index contributed by atoms with van der Waals surface area (Å²) < 4.78 is 0. The van der Waals surface area contributed by atoms with E-state index in [-0.39, 0.29) is 5.78 Å². The van der Waals surface area contributed by atoms with E-state index in [4.69, 9.17) is 0 Å². The molecule has 1 aromatic carbocycles. The number of rotatable bonds is 2. The van der Waals surface area contributed by atoms with Gasteiger partial charge in [-0.15, -0.1) is 0 Å². The predicted octanol–water partition coefficient (Wildman–Crippen LogP) is 2.91. The van der Waals surface area contributed by atoms with E-state index in [1.807, 2.05) is 31.2 Å². The number of benzene rings is 1. The van der Waals surface area contributed by atoms with Crippen LogP contribution < -0.4 is 0 Å². The van der Waals surface area contributed by atoms with Crippen molar-refractivity contribution in [3.63, 3.8) is 0 Å². The molecule has 0 saturated heterocycles. The quantitative estimate of drug-likeness (QED) is 0.547. The highest BCUT2D eigenvalue weighted by molar-refractivity contribution is 6.06. The lowest BCUT2D eigenvalue weighted by Gasteiger charge is -2.00. The Labute approximate surface area is 88.3 Å². The van der Waals surface area contributed by atoms with E-state index in [0.717, 1.165) is 16.6 Å². The zero-order valence-corrected chi connectivity index (χ0v) is 8.53. The van der Waals surface area contributed by atoms with Crippen molar-refractivity contribution in [1.29, 1.82) is 0 Å². The molecule has 2 aromatic rings. The van der Waals surface area contributed by atoms with Gasteiger partial charge in [-0.1, -0.05) is 12.6 Å². The standard InChI is InChI=1S/C13H11NO/c1-3-13(15)11-6-7-12-10(8-11)5-4-9(2)14-12/h3-8H,1H2,2H3. The fourth-order valence-corrected chi connectivity index (χ4v) is 1.50. The Hall–Kier alpha value is -1.96. The first-order valence-corrected chi connectivity index (χ1v) is 4.75. The van der Waals surface area contributed by atoms with E-state index in [1.165, 1.54) is 6.08 Å². The Morgan fingerprint density at radius 1 is 1.33 bits per heavy atom. The fourth-order valence-electron chi connectivity index (χ4n) is 1.50. The molecule has 1 heterocycles. The summed E-state index contributed by atoms with van der Waals surface area (Å²) in [5.41, 5.74) is 2.55. The summed E-state index contributed by atoms with van der Waals surface area (Å²) in [5.74, 6) is -0.0579. The predicted molar refractivity (Wildman–Crippen MR) is 61.0 cm³/mol. The number of fused-ring (bicyclic) bond motifs is 1. The molecule has 0 saturated carbocycles. The maximum Gasteiger partial charge on any atom is 0.185 e. The normalized spacial score (nSPS) is 10.2. The maximum atomic E-state index is 11.4. The number of allylic oxidation sites excluding steroid dienone is 1. The molecule has 0 unspecified atom stereocenters. The Kier molecular flexibility index (Phi) is 2.34. The van der Waals surface area contributed by atoms with Crippen molar-refractivity contribution in [2.75, 3.05) is 0 Å². The van der Waals surface area contributed by atoms with Crippen LogP contribution in [0.25, 0.3) is 10.9 Å². The van der Waals surface area contributed by atoms with Crippen LogP contribution in [-0.4, -0.2) is 10.8 Å². The molecular weight excluding hydrogens is 186 g/mol. The number of ketones is 1. The first kappa shape index (κ1) is 9.59. The molecule has 0 spiro atoms. The molecular formula is C13H11NO. The average Bonchev–Trinajstić information content (AvgIpc) is 2.27. The van der Waals surface area contributed by atoms with E-state index in [0.29, 0.717) is 5.56 Å². The number of nitrogens with zero attached hydrogens (tertiary/aromatic N) is 1. The van der Waals surface area contributed by atoms with Gasteiger partial charge in [-0.3, -0.25) is 9.78 Å². The van der Waals surface area contributed by atoms with Crippen LogP contribution in [0.4, 0.5) is 0 Å². The third-order valence-corrected chi connectivity index (χ3v) is 2.30. The molecule has 2 heteroatoms. The third-order valence-electron chi connectivity index (χ3n) is 2.30. The largest absolute Gasteiger partial charge is 0.289 e. The number of hydrogen-bond acceptors (Lipinski definition) is 2. The van der Waals surface area contributed by atoms with Gasteiger partial charge < -0.3 is 0 Å². The lowest BCUT2D eigenvalue weighted by Crippen LogP contribution is -1.93. The van der Waals surface area contributed by atoms with E-state index in [1.54, 1.807) is 6.07 Å². The first-order valence-electron chi connectivity index (χ1n) is 4.75. The van der Waals surface area contributed by atoms with Gasteiger partial charge >= 0.3 is 0 Å². The molecule has 0 atom stereocenters. The van der Waals surface area contributed by atoms with E-state index >= 15 is 0 Å². The highest BCUT2D eigenvalue weighted by Gasteiger charge is 2.02. The van der Waals surface area contributed by atoms with Gasteiger partial charge in [0.25, 0.3) is 0 Å². The van der Waals surface area contributed by atoms with E-state index in [9.17, 15) is 4.79 Å². The van der Waals surface area contributed by atoms with Crippen LogP contribution in [0.3, 0.4) is 0 Å². The molecule has 0 aliphatic rings. The summed E-state index contributed by atoms with van der Waals surface area (Å²) in [6, 6.07) is 9.38. The van der Waals surface area contributed by atoms with Gasteiger partial charge in [0.05, 0.1) is 5.52 Å². The zero-order valence-electron chi connectivity index (χ0n) is 8.53. The van der Waals surface area contributed by atoms with Gasteiger partial charge in [-0.2, -0.15) is 0 Å². The average molecular weight is 197 g/mol. The number of aromatic nitrogens is 1. The molecule has 0 aliphatic carbocycles. The summed E-state index contributed by atoms with van der Waals surface area (Å²) in [7, 11) is 0. The van der Waals surface area contributed by atoms with Gasteiger partial charge in [-0.05, 0) is 37.3 Å². The number of carbonyl (C=O) groups is 1. The lowest BCUT2D eigenvalue weighted by molar-refractivity contribution is 0.104. The summed E-state index contributed by atoms with van der Waals surface area (Å²) in [4.78, 5) is 15.8. The molecule has 0 fully saturated rings. The fraction of sp³-hybridized carbons (Fsp3) is 0.0769. The van der Waals surface area contributed by atoms with Gasteiger partial charge in [-0.25, -0.2) is 0 Å². The molecule has 0 bridgehead atoms. The van der Waals surface area contributed by atoms with Gasteiger partial charge in [0, 0.05) is 16.6 Å². The topological polar surface area (TPSA) is 30.0 Å². The van der Waals surface area contributed by atoms with E-state index in [2.05, 4.69) is 11.6 Å².